The predicted octanol–water partition coefficient (Wildman–Crippen LogP) is 4.14. The maximum Gasteiger partial charge on any atom is 0.268 e. The molecule has 1 aromatic heterocycles. The summed E-state index contributed by atoms with van der Waals surface area (Å²) in [6, 6.07) is 12.1. The molecule has 124 valence electrons. The van der Waals surface area contributed by atoms with Crippen LogP contribution in [0.15, 0.2) is 47.1 Å². The van der Waals surface area contributed by atoms with Crippen LogP contribution in [0.25, 0.3) is 0 Å². The number of anilines is 1. The molecule has 0 fully saturated rings. The van der Waals surface area contributed by atoms with Gasteiger partial charge in [-0.3, -0.25) is 4.79 Å². The molecule has 0 aliphatic heterocycles. The van der Waals surface area contributed by atoms with Crippen LogP contribution in [0.5, 0.6) is 0 Å². The average molecular weight is 378 g/mol. The minimum Gasteiger partial charge on any atom is -0.380 e. The van der Waals surface area contributed by atoms with Crippen molar-refractivity contribution in [3.05, 3.63) is 52.8 Å². The molecular weight excluding hydrogens is 354 g/mol. The van der Waals surface area contributed by atoms with Crippen LogP contribution in [0.2, 0.25) is 0 Å². The van der Waals surface area contributed by atoms with Gasteiger partial charge in [0.1, 0.15) is 5.69 Å². The number of halogens is 1. The van der Waals surface area contributed by atoms with Gasteiger partial charge in [-0.15, -0.1) is 0 Å². The fourth-order valence-corrected chi connectivity index (χ4v) is 2.89. The van der Waals surface area contributed by atoms with Crippen molar-refractivity contribution in [1.82, 2.24) is 9.88 Å². The first-order valence-electron chi connectivity index (χ1n) is 7.96. The Labute approximate surface area is 146 Å². The molecule has 0 aliphatic carbocycles. The van der Waals surface area contributed by atoms with Crippen LogP contribution in [-0.4, -0.2) is 23.1 Å². The van der Waals surface area contributed by atoms with E-state index in [0.717, 1.165) is 16.7 Å². The number of carbonyl (C=O) groups excluding carboxylic acids is 1. The van der Waals surface area contributed by atoms with Crippen LogP contribution >= 0.6 is 15.9 Å². The molecule has 2 aromatic rings. The van der Waals surface area contributed by atoms with E-state index in [0.29, 0.717) is 18.2 Å². The van der Waals surface area contributed by atoms with E-state index in [4.69, 9.17) is 0 Å². The molecule has 1 amide bonds. The van der Waals surface area contributed by atoms with Gasteiger partial charge in [0.25, 0.3) is 5.91 Å². The summed E-state index contributed by atoms with van der Waals surface area (Å²) in [5, 5.41) is 6.53. The number of nitrogens with zero attached hydrogens (tertiary/aromatic N) is 1. The van der Waals surface area contributed by atoms with Gasteiger partial charge in [-0.2, -0.15) is 0 Å². The first kappa shape index (κ1) is 17.6. The molecule has 0 radical (unpaired) electrons. The lowest BCUT2D eigenvalue weighted by atomic mass is 10.0. The predicted molar refractivity (Wildman–Crippen MR) is 98.8 cm³/mol. The highest BCUT2D eigenvalue weighted by molar-refractivity contribution is 9.10. The summed E-state index contributed by atoms with van der Waals surface area (Å²) >= 11 is 3.43. The normalized spacial score (nSPS) is 12.2. The highest BCUT2D eigenvalue weighted by atomic mass is 79.9. The minimum atomic E-state index is -0.0435. The maximum atomic E-state index is 12.4. The summed E-state index contributed by atoms with van der Waals surface area (Å²) < 4.78 is 2.86. The van der Waals surface area contributed by atoms with Gasteiger partial charge in [0.2, 0.25) is 0 Å². The molecule has 0 saturated carbocycles. The minimum absolute atomic E-state index is 0.0435. The Bertz CT molecular complexity index is 637. The standard InChI is InChI=1S/C18H24BrN3O/c1-4-22-12-14(19)10-17(22)18(23)20-11-16(13(2)3)21-15-8-6-5-7-9-15/h5-10,12-13,16,21H,4,11H2,1-3H3,(H,20,23). The van der Waals surface area contributed by atoms with E-state index in [1.54, 1.807) is 0 Å². The van der Waals surface area contributed by atoms with Crippen molar-refractivity contribution in [2.75, 3.05) is 11.9 Å². The highest BCUT2D eigenvalue weighted by Gasteiger charge is 2.17. The number of aryl methyl sites for hydroxylation is 1. The Morgan fingerprint density at radius 1 is 1.26 bits per heavy atom. The number of nitrogens with one attached hydrogen (secondary N) is 2. The highest BCUT2D eigenvalue weighted by Crippen LogP contribution is 2.16. The lowest BCUT2D eigenvalue weighted by molar-refractivity contribution is 0.0941. The fraction of sp³-hybridized carbons (Fsp3) is 0.389. The van der Waals surface area contributed by atoms with Crippen LogP contribution in [0.3, 0.4) is 0 Å². The van der Waals surface area contributed by atoms with Gasteiger partial charge in [-0.1, -0.05) is 32.0 Å². The zero-order chi connectivity index (χ0) is 16.8. The number of hydrogen-bond donors (Lipinski definition) is 2. The van der Waals surface area contributed by atoms with Gasteiger partial charge in [-0.25, -0.2) is 0 Å². The molecule has 23 heavy (non-hydrogen) atoms. The van der Waals surface area contributed by atoms with E-state index in [2.05, 4.69) is 40.4 Å². The van der Waals surface area contributed by atoms with E-state index in [1.807, 2.05) is 54.1 Å². The monoisotopic (exact) mass is 377 g/mol. The van der Waals surface area contributed by atoms with Crippen molar-refractivity contribution in [3.63, 3.8) is 0 Å². The van der Waals surface area contributed by atoms with Crippen LogP contribution in [0, 0.1) is 5.92 Å². The van der Waals surface area contributed by atoms with Crippen molar-refractivity contribution < 1.29 is 4.79 Å². The summed E-state index contributed by atoms with van der Waals surface area (Å²) in [5.41, 5.74) is 1.75. The number of benzene rings is 1. The fourth-order valence-electron chi connectivity index (χ4n) is 2.42. The second-order valence-corrected chi connectivity index (χ2v) is 6.82. The Hall–Kier alpha value is -1.75. The Balaban J connectivity index is 1.99. The third-order valence-electron chi connectivity index (χ3n) is 3.85. The van der Waals surface area contributed by atoms with E-state index in [9.17, 15) is 4.79 Å². The summed E-state index contributed by atoms with van der Waals surface area (Å²) in [4.78, 5) is 12.4. The average Bonchev–Trinajstić information content (AvgIpc) is 2.93. The Morgan fingerprint density at radius 2 is 1.96 bits per heavy atom. The van der Waals surface area contributed by atoms with Crippen molar-refractivity contribution in [1.29, 1.82) is 0 Å². The molecule has 0 bridgehead atoms. The van der Waals surface area contributed by atoms with Crippen LogP contribution in [0.4, 0.5) is 5.69 Å². The quantitative estimate of drug-likeness (QED) is 0.761. The molecule has 2 N–H and O–H groups in total. The zero-order valence-corrected chi connectivity index (χ0v) is 15.4. The van der Waals surface area contributed by atoms with Gasteiger partial charge in [0.15, 0.2) is 0 Å². The molecule has 0 spiro atoms. The Morgan fingerprint density at radius 3 is 2.57 bits per heavy atom. The van der Waals surface area contributed by atoms with Crippen molar-refractivity contribution in [2.45, 2.75) is 33.4 Å². The van der Waals surface area contributed by atoms with Gasteiger partial charge >= 0.3 is 0 Å². The molecular formula is C18H24BrN3O. The number of para-hydroxylation sites is 1. The maximum absolute atomic E-state index is 12.4. The van der Waals surface area contributed by atoms with Gasteiger partial charge in [0, 0.05) is 35.5 Å². The van der Waals surface area contributed by atoms with Crippen molar-refractivity contribution in [3.8, 4) is 0 Å². The molecule has 0 aliphatic rings. The van der Waals surface area contributed by atoms with Crippen LogP contribution in [-0.2, 0) is 6.54 Å². The van der Waals surface area contributed by atoms with Crippen molar-refractivity contribution >= 4 is 27.5 Å². The van der Waals surface area contributed by atoms with E-state index >= 15 is 0 Å². The van der Waals surface area contributed by atoms with Crippen LogP contribution in [0.1, 0.15) is 31.3 Å². The molecule has 1 aromatic carbocycles. The number of rotatable bonds is 7. The number of carbonyl (C=O) groups is 1. The summed E-state index contributed by atoms with van der Waals surface area (Å²) in [6.07, 6.45) is 1.93. The Kier molecular flexibility index (Phi) is 6.28. The molecule has 1 heterocycles. The molecule has 1 atom stereocenters. The molecule has 5 heteroatoms. The second-order valence-electron chi connectivity index (χ2n) is 5.90. The van der Waals surface area contributed by atoms with Crippen LogP contribution < -0.4 is 10.6 Å². The number of aromatic nitrogens is 1. The number of hydrogen-bond acceptors (Lipinski definition) is 2. The first-order valence-corrected chi connectivity index (χ1v) is 8.76. The molecule has 2 rings (SSSR count). The van der Waals surface area contributed by atoms with E-state index in [1.165, 1.54) is 0 Å². The third-order valence-corrected chi connectivity index (χ3v) is 4.28. The molecule has 4 nitrogen and oxygen atoms in total. The summed E-state index contributed by atoms with van der Waals surface area (Å²) in [7, 11) is 0. The smallest absolute Gasteiger partial charge is 0.268 e. The lowest BCUT2D eigenvalue weighted by Crippen LogP contribution is -2.40. The largest absolute Gasteiger partial charge is 0.380 e. The van der Waals surface area contributed by atoms with Gasteiger partial charge in [-0.05, 0) is 47.0 Å². The molecule has 1 unspecified atom stereocenters. The zero-order valence-electron chi connectivity index (χ0n) is 13.8. The number of amides is 1. The topological polar surface area (TPSA) is 46.1 Å². The SMILES string of the molecule is CCn1cc(Br)cc1C(=O)NCC(Nc1ccccc1)C(C)C. The lowest BCUT2D eigenvalue weighted by Gasteiger charge is -2.24. The van der Waals surface area contributed by atoms with E-state index < -0.39 is 0 Å². The summed E-state index contributed by atoms with van der Waals surface area (Å²) in [5.74, 6) is 0.360. The molecule has 0 saturated heterocycles. The van der Waals surface area contributed by atoms with Crippen molar-refractivity contribution in [2.24, 2.45) is 5.92 Å². The van der Waals surface area contributed by atoms with Gasteiger partial charge < -0.3 is 15.2 Å². The van der Waals surface area contributed by atoms with Gasteiger partial charge in [0.05, 0.1) is 0 Å². The summed E-state index contributed by atoms with van der Waals surface area (Å²) in [6.45, 7) is 7.68. The second kappa shape index (κ2) is 8.20. The first-order chi connectivity index (χ1) is 11.0. The third kappa shape index (κ3) is 4.86. The van der Waals surface area contributed by atoms with E-state index in [-0.39, 0.29) is 11.9 Å².